The highest BCUT2D eigenvalue weighted by molar-refractivity contribution is 5.09. The number of ether oxygens (including phenoxy) is 2. The molecule has 1 spiro atoms. The molecule has 0 aromatic carbocycles. The zero-order chi connectivity index (χ0) is 11.7. The zero-order valence-electron chi connectivity index (χ0n) is 10.2. The molecule has 1 aromatic heterocycles. The SMILES string of the molecule is COCc1ccnc(C2CCC3(COC3)C2)n1. The Kier molecular flexibility index (Phi) is 2.84. The summed E-state index contributed by atoms with van der Waals surface area (Å²) >= 11 is 0. The summed E-state index contributed by atoms with van der Waals surface area (Å²) in [6.45, 7) is 2.43. The lowest BCUT2D eigenvalue weighted by atomic mass is 9.83. The summed E-state index contributed by atoms with van der Waals surface area (Å²) in [5, 5.41) is 0. The highest BCUT2D eigenvalue weighted by Gasteiger charge is 2.46. The maximum Gasteiger partial charge on any atom is 0.131 e. The van der Waals surface area contributed by atoms with Crippen molar-refractivity contribution in [3.05, 3.63) is 23.8 Å². The van der Waals surface area contributed by atoms with Gasteiger partial charge in [0.15, 0.2) is 0 Å². The van der Waals surface area contributed by atoms with Crippen molar-refractivity contribution in [1.82, 2.24) is 9.97 Å². The first-order valence-corrected chi connectivity index (χ1v) is 6.20. The number of rotatable bonds is 3. The molecular weight excluding hydrogens is 216 g/mol. The lowest BCUT2D eigenvalue weighted by molar-refractivity contribution is -0.109. The Balaban J connectivity index is 1.73. The van der Waals surface area contributed by atoms with E-state index in [0.717, 1.165) is 24.7 Å². The van der Waals surface area contributed by atoms with Crippen molar-refractivity contribution in [2.45, 2.75) is 31.8 Å². The molecule has 92 valence electrons. The standard InChI is InChI=1S/C13H18N2O2/c1-16-7-11-3-5-14-12(15-11)10-2-4-13(6-10)8-17-9-13/h3,5,10H,2,4,6-9H2,1H3. The van der Waals surface area contributed by atoms with Gasteiger partial charge >= 0.3 is 0 Å². The van der Waals surface area contributed by atoms with E-state index in [9.17, 15) is 0 Å². The molecule has 4 heteroatoms. The average molecular weight is 234 g/mol. The van der Waals surface area contributed by atoms with E-state index < -0.39 is 0 Å². The average Bonchev–Trinajstić information content (AvgIpc) is 2.75. The van der Waals surface area contributed by atoms with Crippen molar-refractivity contribution in [3.8, 4) is 0 Å². The summed E-state index contributed by atoms with van der Waals surface area (Å²) in [7, 11) is 1.69. The van der Waals surface area contributed by atoms with E-state index in [4.69, 9.17) is 9.47 Å². The number of nitrogens with zero attached hydrogens (tertiary/aromatic N) is 2. The molecule has 0 radical (unpaired) electrons. The number of hydrogen-bond donors (Lipinski definition) is 0. The predicted molar refractivity (Wildman–Crippen MR) is 62.6 cm³/mol. The molecule has 0 N–H and O–H groups in total. The Labute approximate surface area is 101 Å². The molecule has 1 saturated heterocycles. The van der Waals surface area contributed by atoms with Gasteiger partial charge in [0.05, 0.1) is 25.5 Å². The minimum absolute atomic E-state index is 0.450. The van der Waals surface area contributed by atoms with Crippen molar-refractivity contribution < 1.29 is 9.47 Å². The van der Waals surface area contributed by atoms with Gasteiger partial charge in [-0.2, -0.15) is 0 Å². The molecule has 0 amide bonds. The first kappa shape index (κ1) is 11.1. The van der Waals surface area contributed by atoms with E-state index >= 15 is 0 Å². The van der Waals surface area contributed by atoms with E-state index in [0.29, 0.717) is 17.9 Å². The smallest absolute Gasteiger partial charge is 0.131 e. The van der Waals surface area contributed by atoms with E-state index in [-0.39, 0.29) is 0 Å². The van der Waals surface area contributed by atoms with E-state index in [1.807, 2.05) is 12.3 Å². The Bertz CT molecular complexity index is 404. The molecule has 2 fully saturated rings. The summed E-state index contributed by atoms with van der Waals surface area (Å²) in [6.07, 6.45) is 5.48. The first-order chi connectivity index (χ1) is 8.31. The van der Waals surface area contributed by atoms with Crippen LogP contribution in [0.3, 0.4) is 0 Å². The van der Waals surface area contributed by atoms with Gasteiger partial charge in [0, 0.05) is 24.6 Å². The normalized spacial score (nSPS) is 26.1. The highest BCUT2D eigenvalue weighted by atomic mass is 16.5. The van der Waals surface area contributed by atoms with Crippen LogP contribution in [0.15, 0.2) is 12.3 Å². The van der Waals surface area contributed by atoms with Crippen molar-refractivity contribution in [1.29, 1.82) is 0 Å². The van der Waals surface area contributed by atoms with Gasteiger partial charge in [0.2, 0.25) is 0 Å². The molecule has 0 bridgehead atoms. The van der Waals surface area contributed by atoms with Crippen LogP contribution in [0.5, 0.6) is 0 Å². The zero-order valence-corrected chi connectivity index (χ0v) is 10.2. The maximum absolute atomic E-state index is 5.35. The van der Waals surface area contributed by atoms with Crippen LogP contribution in [0.1, 0.15) is 36.7 Å². The molecule has 2 aliphatic rings. The summed E-state index contributed by atoms with van der Waals surface area (Å²) in [5.74, 6) is 1.50. The quantitative estimate of drug-likeness (QED) is 0.801. The number of methoxy groups -OCH3 is 1. The maximum atomic E-state index is 5.35. The predicted octanol–water partition coefficient (Wildman–Crippen LogP) is 1.91. The van der Waals surface area contributed by atoms with E-state index in [2.05, 4.69) is 9.97 Å². The fourth-order valence-corrected chi connectivity index (χ4v) is 2.92. The van der Waals surface area contributed by atoms with Gasteiger partial charge in [-0.05, 0) is 25.3 Å². The fraction of sp³-hybridized carbons (Fsp3) is 0.692. The summed E-state index contributed by atoms with van der Waals surface area (Å²) in [4.78, 5) is 9.01. The van der Waals surface area contributed by atoms with Crippen LogP contribution in [0.25, 0.3) is 0 Å². The monoisotopic (exact) mass is 234 g/mol. The van der Waals surface area contributed by atoms with Crippen molar-refractivity contribution in [2.75, 3.05) is 20.3 Å². The molecule has 2 heterocycles. The van der Waals surface area contributed by atoms with Crippen LogP contribution < -0.4 is 0 Å². The number of hydrogen-bond acceptors (Lipinski definition) is 4. The summed E-state index contributed by atoms with van der Waals surface area (Å²) in [6, 6.07) is 1.92. The molecular formula is C13H18N2O2. The second-order valence-corrected chi connectivity index (χ2v) is 5.27. The lowest BCUT2D eigenvalue weighted by Gasteiger charge is -2.38. The molecule has 3 rings (SSSR count). The van der Waals surface area contributed by atoms with Crippen LogP contribution in [-0.2, 0) is 16.1 Å². The largest absolute Gasteiger partial charge is 0.380 e. The number of aromatic nitrogens is 2. The minimum atomic E-state index is 0.450. The van der Waals surface area contributed by atoms with Crippen LogP contribution in [0, 0.1) is 5.41 Å². The Morgan fingerprint density at radius 3 is 3.06 bits per heavy atom. The molecule has 1 aliphatic carbocycles. The Hall–Kier alpha value is -1.00. The van der Waals surface area contributed by atoms with Crippen molar-refractivity contribution in [2.24, 2.45) is 5.41 Å². The first-order valence-electron chi connectivity index (χ1n) is 6.20. The third-order valence-electron chi connectivity index (χ3n) is 3.91. The molecule has 1 aromatic rings. The molecule has 1 aliphatic heterocycles. The van der Waals surface area contributed by atoms with Gasteiger partial charge in [-0.25, -0.2) is 9.97 Å². The Morgan fingerprint density at radius 2 is 2.41 bits per heavy atom. The van der Waals surface area contributed by atoms with E-state index in [1.165, 1.54) is 19.3 Å². The van der Waals surface area contributed by atoms with Gasteiger partial charge in [0.1, 0.15) is 5.82 Å². The fourth-order valence-electron chi connectivity index (χ4n) is 2.92. The van der Waals surface area contributed by atoms with Gasteiger partial charge in [-0.15, -0.1) is 0 Å². The highest BCUT2D eigenvalue weighted by Crippen LogP contribution is 2.49. The van der Waals surface area contributed by atoms with Crippen LogP contribution >= 0.6 is 0 Å². The molecule has 1 unspecified atom stereocenters. The lowest BCUT2D eigenvalue weighted by Crippen LogP contribution is -2.40. The van der Waals surface area contributed by atoms with Crippen molar-refractivity contribution >= 4 is 0 Å². The van der Waals surface area contributed by atoms with Crippen molar-refractivity contribution in [3.63, 3.8) is 0 Å². The van der Waals surface area contributed by atoms with Gasteiger partial charge in [-0.1, -0.05) is 0 Å². The third-order valence-corrected chi connectivity index (χ3v) is 3.91. The van der Waals surface area contributed by atoms with Gasteiger partial charge < -0.3 is 9.47 Å². The van der Waals surface area contributed by atoms with Gasteiger partial charge in [-0.3, -0.25) is 0 Å². The molecule has 4 nitrogen and oxygen atoms in total. The molecule has 17 heavy (non-hydrogen) atoms. The summed E-state index contributed by atoms with van der Waals surface area (Å²) in [5.41, 5.74) is 1.42. The molecule has 1 atom stereocenters. The topological polar surface area (TPSA) is 44.2 Å². The Morgan fingerprint density at radius 1 is 1.53 bits per heavy atom. The minimum Gasteiger partial charge on any atom is -0.380 e. The van der Waals surface area contributed by atoms with Crippen LogP contribution in [0.4, 0.5) is 0 Å². The van der Waals surface area contributed by atoms with E-state index in [1.54, 1.807) is 7.11 Å². The van der Waals surface area contributed by atoms with Gasteiger partial charge in [0.25, 0.3) is 0 Å². The third kappa shape index (κ3) is 2.07. The molecule has 1 saturated carbocycles. The summed E-state index contributed by atoms with van der Waals surface area (Å²) < 4.78 is 10.5. The second-order valence-electron chi connectivity index (χ2n) is 5.27. The second kappa shape index (κ2) is 4.35. The van der Waals surface area contributed by atoms with Crippen LogP contribution in [0.2, 0.25) is 0 Å². The van der Waals surface area contributed by atoms with Crippen LogP contribution in [-0.4, -0.2) is 30.3 Å².